The smallest absolute Gasteiger partial charge is 0.225 e. The van der Waals surface area contributed by atoms with E-state index in [2.05, 4.69) is 16.2 Å². The summed E-state index contributed by atoms with van der Waals surface area (Å²) >= 11 is 6.00. The third-order valence-electron chi connectivity index (χ3n) is 5.99. The van der Waals surface area contributed by atoms with Crippen LogP contribution < -0.4 is 4.74 Å². The first-order valence-electron chi connectivity index (χ1n) is 11.0. The largest absolute Gasteiger partial charge is 0.491 e. The zero-order valence-corrected chi connectivity index (χ0v) is 19.5. The molecule has 3 heterocycles. The van der Waals surface area contributed by atoms with Crippen LogP contribution in [0.4, 0.5) is 0 Å². The number of rotatable bonds is 7. The predicted octanol–water partition coefficient (Wildman–Crippen LogP) is 2.28. The van der Waals surface area contributed by atoms with Gasteiger partial charge in [0.05, 0.1) is 31.9 Å². The Kier molecular flexibility index (Phi) is 7.35. The minimum absolute atomic E-state index is 0.0763. The van der Waals surface area contributed by atoms with Gasteiger partial charge in [0.25, 0.3) is 0 Å². The molecule has 2 aromatic rings. The van der Waals surface area contributed by atoms with Crippen molar-refractivity contribution in [1.82, 2.24) is 19.6 Å². The van der Waals surface area contributed by atoms with E-state index in [1.807, 2.05) is 35.7 Å². The first-order valence-corrected chi connectivity index (χ1v) is 11.4. The summed E-state index contributed by atoms with van der Waals surface area (Å²) < 4.78 is 19.6. The molecule has 9 heteroatoms. The molecule has 1 amide bonds. The predicted molar refractivity (Wildman–Crippen MR) is 121 cm³/mol. The number of benzene rings is 1. The lowest BCUT2D eigenvalue weighted by atomic mass is 9.96. The molecule has 2 aliphatic heterocycles. The Balaban J connectivity index is 1.49. The van der Waals surface area contributed by atoms with Gasteiger partial charge in [-0.2, -0.15) is 5.10 Å². The molecule has 4 rings (SSSR count). The van der Waals surface area contributed by atoms with Crippen molar-refractivity contribution in [2.45, 2.75) is 25.5 Å². The van der Waals surface area contributed by atoms with Gasteiger partial charge in [-0.15, -0.1) is 0 Å². The van der Waals surface area contributed by atoms with Crippen LogP contribution in [0.3, 0.4) is 0 Å². The van der Waals surface area contributed by atoms with E-state index in [1.165, 1.54) is 5.56 Å². The molecule has 0 N–H and O–H groups in total. The standard InChI is InChI=1S/C23H31ClN4O4/c1-18-19(14-26(2)25-18)15-27-7-12-32-23(16-27,13-22(29)28-8-10-30-11-9-28)17-31-21-5-3-20(24)4-6-21/h3-6,14H,7-13,15-17H2,1-2H3. The molecule has 0 aliphatic carbocycles. The normalized spacial score (nSPS) is 22.2. The number of hydrogen-bond acceptors (Lipinski definition) is 6. The van der Waals surface area contributed by atoms with Crippen molar-refractivity contribution in [1.29, 1.82) is 0 Å². The number of ether oxygens (including phenoxy) is 3. The van der Waals surface area contributed by atoms with Crippen LogP contribution in [0, 0.1) is 6.92 Å². The fraction of sp³-hybridized carbons (Fsp3) is 0.565. The van der Waals surface area contributed by atoms with E-state index in [-0.39, 0.29) is 18.9 Å². The van der Waals surface area contributed by atoms with Crippen molar-refractivity contribution in [2.24, 2.45) is 7.05 Å². The van der Waals surface area contributed by atoms with E-state index in [1.54, 1.807) is 12.1 Å². The SMILES string of the molecule is Cc1nn(C)cc1CN1CCOC(COc2ccc(Cl)cc2)(CC(=O)N2CCOCC2)C1. The Morgan fingerprint density at radius 2 is 1.94 bits per heavy atom. The molecule has 32 heavy (non-hydrogen) atoms. The molecule has 0 bridgehead atoms. The number of nitrogens with zero attached hydrogens (tertiary/aromatic N) is 4. The third kappa shape index (κ3) is 5.81. The lowest BCUT2D eigenvalue weighted by Crippen LogP contribution is -2.57. The van der Waals surface area contributed by atoms with Crippen molar-refractivity contribution < 1.29 is 19.0 Å². The topological polar surface area (TPSA) is 69.1 Å². The number of aromatic nitrogens is 2. The Bertz CT molecular complexity index is 913. The zero-order valence-electron chi connectivity index (χ0n) is 18.8. The second kappa shape index (κ2) is 10.2. The van der Waals surface area contributed by atoms with Gasteiger partial charge in [-0.1, -0.05) is 11.6 Å². The molecule has 1 unspecified atom stereocenters. The average molecular weight is 463 g/mol. The summed E-state index contributed by atoms with van der Waals surface area (Å²) in [5.41, 5.74) is 1.47. The molecule has 2 saturated heterocycles. The number of amides is 1. The average Bonchev–Trinajstić information content (AvgIpc) is 3.10. The molecule has 174 valence electrons. The quantitative estimate of drug-likeness (QED) is 0.628. The summed E-state index contributed by atoms with van der Waals surface area (Å²) in [4.78, 5) is 17.3. The summed E-state index contributed by atoms with van der Waals surface area (Å²) in [5.74, 6) is 0.781. The molecule has 0 radical (unpaired) electrons. The monoisotopic (exact) mass is 462 g/mol. The fourth-order valence-corrected chi connectivity index (χ4v) is 4.42. The van der Waals surface area contributed by atoms with Gasteiger partial charge >= 0.3 is 0 Å². The zero-order chi connectivity index (χ0) is 22.6. The van der Waals surface area contributed by atoms with E-state index in [9.17, 15) is 4.79 Å². The highest BCUT2D eigenvalue weighted by Gasteiger charge is 2.41. The highest BCUT2D eigenvalue weighted by molar-refractivity contribution is 6.30. The van der Waals surface area contributed by atoms with Crippen LogP contribution in [0.2, 0.25) is 5.02 Å². The molecule has 2 aliphatic rings. The summed E-state index contributed by atoms with van der Waals surface area (Å²) in [6, 6.07) is 7.25. The third-order valence-corrected chi connectivity index (χ3v) is 6.24. The van der Waals surface area contributed by atoms with Gasteiger partial charge in [-0.3, -0.25) is 14.4 Å². The van der Waals surface area contributed by atoms with E-state index in [0.29, 0.717) is 50.2 Å². The van der Waals surface area contributed by atoms with Gasteiger partial charge < -0.3 is 19.1 Å². The van der Waals surface area contributed by atoms with Gasteiger partial charge in [0.15, 0.2) is 0 Å². The number of morpholine rings is 2. The van der Waals surface area contributed by atoms with E-state index >= 15 is 0 Å². The second-order valence-corrected chi connectivity index (χ2v) is 9.00. The summed E-state index contributed by atoms with van der Waals surface area (Å²) in [5, 5.41) is 5.11. The minimum atomic E-state index is -0.733. The van der Waals surface area contributed by atoms with Crippen LogP contribution in [0.25, 0.3) is 0 Å². The Hall–Kier alpha value is -2.13. The summed E-state index contributed by atoms with van der Waals surface area (Å²) in [6.07, 6.45) is 2.32. The lowest BCUT2D eigenvalue weighted by molar-refractivity contribution is -0.159. The van der Waals surface area contributed by atoms with Crippen LogP contribution in [-0.4, -0.2) is 83.7 Å². The van der Waals surface area contributed by atoms with Gasteiger partial charge in [-0.25, -0.2) is 0 Å². The highest BCUT2D eigenvalue weighted by atomic mass is 35.5. The number of carbonyl (C=O) groups excluding carboxylic acids is 1. The number of carbonyl (C=O) groups is 1. The van der Waals surface area contributed by atoms with E-state index in [0.717, 1.165) is 18.8 Å². The van der Waals surface area contributed by atoms with Crippen molar-refractivity contribution in [3.8, 4) is 5.75 Å². The Morgan fingerprint density at radius 3 is 2.62 bits per heavy atom. The molecule has 8 nitrogen and oxygen atoms in total. The maximum atomic E-state index is 13.1. The van der Waals surface area contributed by atoms with Crippen molar-refractivity contribution >= 4 is 17.5 Å². The molecule has 0 spiro atoms. The van der Waals surface area contributed by atoms with Gasteiger partial charge in [0.2, 0.25) is 5.91 Å². The van der Waals surface area contributed by atoms with Crippen LogP contribution >= 0.6 is 11.6 Å². The molecular formula is C23H31ClN4O4. The van der Waals surface area contributed by atoms with Gasteiger partial charge in [0.1, 0.15) is 18.0 Å². The van der Waals surface area contributed by atoms with E-state index < -0.39 is 5.60 Å². The molecule has 1 aromatic heterocycles. The van der Waals surface area contributed by atoms with Crippen molar-refractivity contribution in [3.63, 3.8) is 0 Å². The molecule has 1 atom stereocenters. The maximum absolute atomic E-state index is 13.1. The first kappa shape index (κ1) is 23.0. The van der Waals surface area contributed by atoms with Crippen LogP contribution in [0.15, 0.2) is 30.5 Å². The fourth-order valence-electron chi connectivity index (χ4n) is 4.29. The number of halogens is 1. The van der Waals surface area contributed by atoms with Crippen LogP contribution in [0.5, 0.6) is 5.75 Å². The van der Waals surface area contributed by atoms with Crippen LogP contribution in [-0.2, 0) is 27.9 Å². The molecule has 2 fully saturated rings. The van der Waals surface area contributed by atoms with Gasteiger partial charge in [0, 0.05) is 56.6 Å². The molecule has 0 saturated carbocycles. The minimum Gasteiger partial charge on any atom is -0.491 e. The lowest BCUT2D eigenvalue weighted by Gasteiger charge is -2.43. The maximum Gasteiger partial charge on any atom is 0.225 e. The van der Waals surface area contributed by atoms with Gasteiger partial charge in [-0.05, 0) is 31.2 Å². The Labute approximate surface area is 194 Å². The number of hydrogen-bond donors (Lipinski definition) is 0. The molecule has 1 aromatic carbocycles. The van der Waals surface area contributed by atoms with Crippen LogP contribution in [0.1, 0.15) is 17.7 Å². The number of aryl methyl sites for hydroxylation is 2. The summed E-state index contributed by atoms with van der Waals surface area (Å²) in [7, 11) is 1.93. The highest BCUT2D eigenvalue weighted by Crippen LogP contribution is 2.27. The Morgan fingerprint density at radius 1 is 1.19 bits per heavy atom. The van der Waals surface area contributed by atoms with Crippen molar-refractivity contribution in [3.05, 3.63) is 46.7 Å². The van der Waals surface area contributed by atoms with E-state index in [4.69, 9.17) is 25.8 Å². The second-order valence-electron chi connectivity index (χ2n) is 8.57. The summed E-state index contributed by atoms with van der Waals surface area (Å²) in [6.45, 7) is 7.39. The molecular weight excluding hydrogens is 432 g/mol. The first-order chi connectivity index (χ1) is 15.4. The van der Waals surface area contributed by atoms with Crippen molar-refractivity contribution in [2.75, 3.05) is 52.6 Å².